The molecular formula is C16H23FN2O. The smallest absolute Gasteiger partial charge is 0.224 e. The van der Waals surface area contributed by atoms with Gasteiger partial charge in [-0.2, -0.15) is 0 Å². The number of likely N-dealkylation sites (tertiary alicyclic amines) is 1. The molecule has 2 rings (SSSR count). The van der Waals surface area contributed by atoms with Gasteiger partial charge in [0.2, 0.25) is 5.91 Å². The minimum Gasteiger partial charge on any atom is -0.355 e. The number of nitrogens with one attached hydrogen (secondary N) is 1. The molecule has 3 nitrogen and oxygen atoms in total. The highest BCUT2D eigenvalue weighted by Crippen LogP contribution is 2.14. The van der Waals surface area contributed by atoms with Crippen LogP contribution in [0.2, 0.25) is 0 Å². The van der Waals surface area contributed by atoms with E-state index in [1.54, 1.807) is 18.2 Å². The maximum Gasteiger partial charge on any atom is 0.224 e. The molecule has 1 fully saturated rings. The minimum atomic E-state index is -0.312. The lowest BCUT2D eigenvalue weighted by molar-refractivity contribution is -0.120. The van der Waals surface area contributed by atoms with Crippen LogP contribution in [0.4, 0.5) is 4.39 Å². The van der Waals surface area contributed by atoms with Gasteiger partial charge in [-0.25, -0.2) is 4.39 Å². The Morgan fingerprint density at radius 3 is 3.00 bits per heavy atom. The van der Waals surface area contributed by atoms with Crippen LogP contribution in [-0.2, 0) is 11.2 Å². The van der Waals surface area contributed by atoms with Crippen molar-refractivity contribution in [3.63, 3.8) is 0 Å². The molecule has 0 bridgehead atoms. The number of rotatable bonds is 5. The number of hydrogen-bond donors (Lipinski definition) is 1. The molecule has 0 aliphatic carbocycles. The summed E-state index contributed by atoms with van der Waals surface area (Å²) in [6.07, 6.45) is 2.66. The molecule has 1 atom stereocenters. The fourth-order valence-electron chi connectivity index (χ4n) is 2.72. The van der Waals surface area contributed by atoms with Gasteiger partial charge in [0.15, 0.2) is 0 Å². The lowest BCUT2D eigenvalue weighted by Gasteiger charge is -2.30. The second-order valence-corrected chi connectivity index (χ2v) is 5.67. The van der Waals surface area contributed by atoms with Crippen LogP contribution in [0.25, 0.3) is 0 Å². The largest absolute Gasteiger partial charge is 0.355 e. The fraction of sp³-hybridized carbons (Fsp3) is 0.562. The highest BCUT2D eigenvalue weighted by Gasteiger charge is 2.15. The third kappa shape index (κ3) is 4.60. The Morgan fingerprint density at radius 1 is 1.45 bits per heavy atom. The average Bonchev–Trinajstić information content (AvgIpc) is 2.41. The molecule has 110 valence electrons. The molecule has 1 heterocycles. The van der Waals surface area contributed by atoms with Crippen molar-refractivity contribution in [2.45, 2.75) is 26.2 Å². The Balaban J connectivity index is 1.69. The summed E-state index contributed by atoms with van der Waals surface area (Å²) in [5, 5.41) is 2.87. The van der Waals surface area contributed by atoms with E-state index in [1.165, 1.54) is 18.9 Å². The summed E-state index contributed by atoms with van der Waals surface area (Å²) in [6.45, 7) is 6.02. The summed E-state index contributed by atoms with van der Waals surface area (Å²) in [6, 6.07) is 6.42. The molecule has 4 heteroatoms. The molecule has 1 N–H and O–H groups in total. The van der Waals surface area contributed by atoms with Gasteiger partial charge in [-0.05, 0) is 36.9 Å². The zero-order chi connectivity index (χ0) is 14.4. The average molecular weight is 278 g/mol. The maximum atomic E-state index is 13.4. The second kappa shape index (κ2) is 7.39. The highest BCUT2D eigenvalue weighted by molar-refractivity contribution is 5.78. The van der Waals surface area contributed by atoms with Gasteiger partial charge in [-0.1, -0.05) is 25.1 Å². The van der Waals surface area contributed by atoms with Crippen molar-refractivity contribution < 1.29 is 9.18 Å². The maximum absolute atomic E-state index is 13.4. The normalized spacial score (nSPS) is 19.8. The number of halogens is 1. The lowest BCUT2D eigenvalue weighted by Crippen LogP contribution is -2.40. The molecule has 1 aliphatic heterocycles. The minimum absolute atomic E-state index is 0.111. The van der Waals surface area contributed by atoms with E-state index in [-0.39, 0.29) is 18.1 Å². The van der Waals surface area contributed by atoms with Crippen molar-refractivity contribution in [3.05, 3.63) is 35.6 Å². The highest BCUT2D eigenvalue weighted by atomic mass is 19.1. The van der Waals surface area contributed by atoms with Crippen LogP contribution < -0.4 is 5.32 Å². The van der Waals surface area contributed by atoms with Crippen molar-refractivity contribution in [2.75, 3.05) is 26.2 Å². The molecule has 1 aliphatic rings. The van der Waals surface area contributed by atoms with Crippen molar-refractivity contribution in [3.8, 4) is 0 Å². The Labute approximate surface area is 120 Å². The van der Waals surface area contributed by atoms with E-state index in [2.05, 4.69) is 17.1 Å². The first-order chi connectivity index (χ1) is 9.65. The van der Waals surface area contributed by atoms with Crippen LogP contribution in [0.5, 0.6) is 0 Å². The first-order valence-electron chi connectivity index (χ1n) is 7.37. The zero-order valence-corrected chi connectivity index (χ0v) is 12.1. The van der Waals surface area contributed by atoms with Crippen LogP contribution in [0, 0.1) is 11.7 Å². The topological polar surface area (TPSA) is 32.3 Å². The predicted octanol–water partition coefficient (Wildman–Crippen LogP) is 2.22. The standard InChI is InChI=1S/C16H23FN2O/c1-13-5-4-9-19(12-13)10-8-18-16(20)11-14-6-2-3-7-15(14)17/h2-3,6-7,13H,4-5,8-12H2,1H3,(H,18,20)/t13-/m1/s1. The molecule has 20 heavy (non-hydrogen) atoms. The van der Waals surface area contributed by atoms with E-state index < -0.39 is 0 Å². The molecule has 1 aromatic rings. The summed E-state index contributed by atoms with van der Waals surface area (Å²) < 4.78 is 13.4. The molecule has 1 amide bonds. The van der Waals surface area contributed by atoms with Crippen LogP contribution >= 0.6 is 0 Å². The van der Waals surface area contributed by atoms with E-state index in [9.17, 15) is 9.18 Å². The number of benzene rings is 1. The van der Waals surface area contributed by atoms with Gasteiger partial charge in [0.1, 0.15) is 5.82 Å². The summed E-state index contributed by atoms with van der Waals surface area (Å²) in [7, 11) is 0. The second-order valence-electron chi connectivity index (χ2n) is 5.67. The molecule has 0 spiro atoms. The van der Waals surface area contributed by atoms with E-state index >= 15 is 0 Å². The third-order valence-electron chi connectivity index (χ3n) is 3.80. The van der Waals surface area contributed by atoms with Crippen molar-refractivity contribution in [1.82, 2.24) is 10.2 Å². The van der Waals surface area contributed by atoms with Crippen LogP contribution in [0.1, 0.15) is 25.3 Å². The van der Waals surface area contributed by atoms with Crippen LogP contribution in [0.3, 0.4) is 0 Å². The van der Waals surface area contributed by atoms with Gasteiger partial charge in [0.05, 0.1) is 6.42 Å². The molecule has 0 saturated carbocycles. The molecular weight excluding hydrogens is 255 g/mol. The SMILES string of the molecule is C[C@@H]1CCCN(CCNC(=O)Cc2ccccc2F)C1. The van der Waals surface area contributed by atoms with Gasteiger partial charge < -0.3 is 10.2 Å². The number of carbonyl (C=O) groups excluding carboxylic acids is 1. The third-order valence-corrected chi connectivity index (χ3v) is 3.80. The Morgan fingerprint density at radius 2 is 2.25 bits per heavy atom. The van der Waals surface area contributed by atoms with Crippen molar-refractivity contribution >= 4 is 5.91 Å². The summed E-state index contributed by atoms with van der Waals surface area (Å²) >= 11 is 0. The first-order valence-corrected chi connectivity index (χ1v) is 7.37. The quantitative estimate of drug-likeness (QED) is 0.895. The monoisotopic (exact) mass is 278 g/mol. The summed E-state index contributed by atoms with van der Waals surface area (Å²) in [5.74, 6) is 0.325. The molecule has 1 saturated heterocycles. The first kappa shape index (κ1) is 15.0. The number of amides is 1. The number of piperidine rings is 1. The van der Waals surface area contributed by atoms with Gasteiger partial charge in [0.25, 0.3) is 0 Å². The van der Waals surface area contributed by atoms with E-state index in [4.69, 9.17) is 0 Å². The van der Waals surface area contributed by atoms with Gasteiger partial charge >= 0.3 is 0 Å². The van der Waals surface area contributed by atoms with Crippen LogP contribution in [-0.4, -0.2) is 37.0 Å². The lowest BCUT2D eigenvalue weighted by atomic mass is 10.0. The van der Waals surface area contributed by atoms with E-state index in [0.717, 1.165) is 25.6 Å². The predicted molar refractivity (Wildman–Crippen MR) is 78.0 cm³/mol. The van der Waals surface area contributed by atoms with E-state index in [0.29, 0.717) is 12.1 Å². The molecule has 0 aromatic heterocycles. The van der Waals surface area contributed by atoms with Gasteiger partial charge in [-0.3, -0.25) is 4.79 Å². The van der Waals surface area contributed by atoms with Gasteiger partial charge in [-0.15, -0.1) is 0 Å². The van der Waals surface area contributed by atoms with Gasteiger partial charge in [0, 0.05) is 19.6 Å². The summed E-state index contributed by atoms with van der Waals surface area (Å²) in [5.41, 5.74) is 0.455. The number of nitrogens with zero attached hydrogens (tertiary/aromatic N) is 1. The number of hydrogen-bond acceptors (Lipinski definition) is 2. The molecule has 0 radical (unpaired) electrons. The fourth-order valence-corrected chi connectivity index (χ4v) is 2.72. The molecule has 0 unspecified atom stereocenters. The number of carbonyl (C=O) groups is 1. The van der Waals surface area contributed by atoms with Crippen LogP contribution in [0.15, 0.2) is 24.3 Å². The summed E-state index contributed by atoms with van der Waals surface area (Å²) in [4.78, 5) is 14.2. The Kier molecular flexibility index (Phi) is 5.53. The zero-order valence-electron chi connectivity index (χ0n) is 12.1. The molecule has 1 aromatic carbocycles. The van der Waals surface area contributed by atoms with Crippen molar-refractivity contribution in [1.29, 1.82) is 0 Å². The van der Waals surface area contributed by atoms with E-state index in [1.807, 2.05) is 0 Å². The Bertz CT molecular complexity index is 450. The van der Waals surface area contributed by atoms with Crippen molar-refractivity contribution in [2.24, 2.45) is 5.92 Å². The Hall–Kier alpha value is -1.42.